The molecule has 2 saturated carbocycles. The van der Waals surface area contributed by atoms with E-state index in [1.165, 1.54) is 19.3 Å². The van der Waals surface area contributed by atoms with Gasteiger partial charge in [-0.1, -0.05) is 20.8 Å². The summed E-state index contributed by atoms with van der Waals surface area (Å²) in [6.07, 6.45) is 3.86. The van der Waals surface area contributed by atoms with E-state index in [1.54, 1.807) is 0 Å². The number of nitrogens with one attached hydrogen (secondary N) is 2. The van der Waals surface area contributed by atoms with Gasteiger partial charge >= 0.3 is 0 Å². The van der Waals surface area contributed by atoms with Crippen LogP contribution < -0.4 is 10.6 Å². The van der Waals surface area contributed by atoms with Crippen LogP contribution in [-0.2, 0) is 4.79 Å². The molecule has 0 spiro atoms. The van der Waals surface area contributed by atoms with E-state index in [9.17, 15) is 4.79 Å². The third kappa shape index (κ3) is 2.12. The van der Waals surface area contributed by atoms with Crippen LogP contribution in [-0.4, -0.2) is 25.0 Å². The van der Waals surface area contributed by atoms with Crippen LogP contribution in [0.1, 0.15) is 40.0 Å². The van der Waals surface area contributed by atoms with E-state index >= 15 is 0 Å². The molecule has 0 heterocycles. The highest BCUT2D eigenvalue weighted by Crippen LogP contribution is 2.62. The zero-order chi connectivity index (χ0) is 13.4. The maximum absolute atomic E-state index is 11.6. The zero-order valence-corrected chi connectivity index (χ0v) is 11.5. The van der Waals surface area contributed by atoms with Crippen molar-refractivity contribution in [2.45, 2.75) is 46.1 Å². The van der Waals surface area contributed by atoms with Gasteiger partial charge in [0.25, 0.3) is 0 Å². The van der Waals surface area contributed by atoms with Crippen LogP contribution in [0, 0.1) is 28.1 Å². The number of nitrogens with zero attached hydrogens (tertiary/aromatic N) is 1. The fraction of sp³-hybridized carbons (Fsp3) is 0.857. The van der Waals surface area contributed by atoms with Gasteiger partial charge in [-0.15, -0.1) is 0 Å². The molecule has 18 heavy (non-hydrogen) atoms. The average molecular weight is 249 g/mol. The van der Waals surface area contributed by atoms with Crippen molar-refractivity contribution in [1.29, 1.82) is 5.26 Å². The van der Waals surface area contributed by atoms with E-state index in [0.29, 0.717) is 18.0 Å². The molecule has 0 aliphatic heterocycles. The van der Waals surface area contributed by atoms with E-state index in [0.717, 1.165) is 5.92 Å². The number of carbonyl (C=O) groups excluding carboxylic acids is 1. The smallest absolute Gasteiger partial charge is 0.234 e. The lowest BCUT2D eigenvalue weighted by Crippen LogP contribution is -2.52. The van der Waals surface area contributed by atoms with Gasteiger partial charge < -0.3 is 10.6 Å². The fourth-order valence-corrected chi connectivity index (χ4v) is 4.21. The summed E-state index contributed by atoms with van der Waals surface area (Å²) in [6, 6.07) is 2.32. The van der Waals surface area contributed by atoms with Crippen LogP contribution >= 0.6 is 0 Å². The van der Waals surface area contributed by atoms with Crippen molar-refractivity contribution in [3.63, 3.8) is 0 Å². The lowest BCUT2D eigenvalue weighted by atomic mass is 9.68. The maximum Gasteiger partial charge on any atom is 0.234 e. The topological polar surface area (TPSA) is 64.9 Å². The lowest BCUT2D eigenvalue weighted by Gasteiger charge is -2.43. The minimum atomic E-state index is -0.0845. The summed E-state index contributed by atoms with van der Waals surface area (Å²) in [5.41, 5.74) is 0.603. The van der Waals surface area contributed by atoms with Crippen LogP contribution in [0.5, 0.6) is 0 Å². The monoisotopic (exact) mass is 249 g/mol. The first-order valence-electron chi connectivity index (χ1n) is 6.77. The summed E-state index contributed by atoms with van der Waals surface area (Å²) in [6.45, 7) is 7.37. The second-order valence-corrected chi connectivity index (χ2v) is 6.66. The number of nitriles is 1. The van der Waals surface area contributed by atoms with Gasteiger partial charge in [0.1, 0.15) is 6.54 Å². The van der Waals surface area contributed by atoms with Crippen molar-refractivity contribution in [3.05, 3.63) is 0 Å². The first kappa shape index (κ1) is 13.4. The average Bonchev–Trinajstić information content (AvgIpc) is 2.77. The Bertz CT molecular complexity index is 380. The summed E-state index contributed by atoms with van der Waals surface area (Å²) < 4.78 is 0. The second-order valence-electron chi connectivity index (χ2n) is 6.66. The third-order valence-electron chi connectivity index (χ3n) is 5.10. The van der Waals surface area contributed by atoms with Gasteiger partial charge in [0, 0.05) is 6.04 Å². The van der Waals surface area contributed by atoms with Gasteiger partial charge in [-0.2, -0.15) is 5.26 Å². The van der Waals surface area contributed by atoms with Crippen LogP contribution in [0.3, 0.4) is 0 Å². The Morgan fingerprint density at radius 2 is 2.17 bits per heavy atom. The Kier molecular flexibility index (Phi) is 3.37. The quantitative estimate of drug-likeness (QED) is 0.741. The van der Waals surface area contributed by atoms with Crippen molar-refractivity contribution in [2.75, 3.05) is 13.1 Å². The molecule has 2 bridgehead atoms. The van der Waals surface area contributed by atoms with Crippen molar-refractivity contribution >= 4 is 5.91 Å². The van der Waals surface area contributed by atoms with Crippen molar-refractivity contribution < 1.29 is 4.79 Å². The predicted octanol–water partition coefficient (Wildman–Crippen LogP) is 1.43. The minimum Gasteiger partial charge on any atom is -0.342 e. The Hall–Kier alpha value is -1.08. The van der Waals surface area contributed by atoms with Gasteiger partial charge in [-0.3, -0.25) is 4.79 Å². The van der Waals surface area contributed by atoms with Gasteiger partial charge in [0.2, 0.25) is 5.91 Å². The van der Waals surface area contributed by atoms with E-state index in [1.807, 2.05) is 6.07 Å². The normalized spacial score (nSPS) is 36.3. The number of hydrogen-bond donors (Lipinski definition) is 2. The summed E-state index contributed by atoms with van der Waals surface area (Å²) in [7, 11) is 0. The van der Waals surface area contributed by atoms with Crippen LogP contribution in [0.4, 0.5) is 0 Å². The lowest BCUT2D eigenvalue weighted by molar-refractivity contribution is -0.120. The number of amides is 1. The zero-order valence-electron chi connectivity index (χ0n) is 11.5. The van der Waals surface area contributed by atoms with Crippen LogP contribution in [0.25, 0.3) is 0 Å². The molecule has 0 aromatic carbocycles. The van der Waals surface area contributed by atoms with Crippen LogP contribution in [0.2, 0.25) is 0 Å². The minimum absolute atomic E-state index is 0.0845. The molecule has 100 valence electrons. The molecule has 2 aliphatic carbocycles. The largest absolute Gasteiger partial charge is 0.342 e. The number of carbonyl (C=O) groups is 1. The third-order valence-corrected chi connectivity index (χ3v) is 5.10. The van der Waals surface area contributed by atoms with Gasteiger partial charge in [-0.05, 0) is 36.0 Å². The van der Waals surface area contributed by atoms with Gasteiger partial charge in [0.15, 0.2) is 0 Å². The summed E-state index contributed by atoms with van der Waals surface area (Å²) in [5, 5.41) is 14.4. The standard InChI is InChI=1S/C14H23N3O/c1-13(2)10-4-5-14(3,8-10)12(13)17-9-11(18)16-7-6-15/h10,12,17H,4-5,7-9H2,1-3H3,(H,16,18). The number of hydrogen-bond acceptors (Lipinski definition) is 3. The predicted molar refractivity (Wildman–Crippen MR) is 69.6 cm³/mol. The molecule has 0 saturated heterocycles. The molecule has 1 amide bonds. The Morgan fingerprint density at radius 3 is 2.72 bits per heavy atom. The van der Waals surface area contributed by atoms with E-state index < -0.39 is 0 Å². The fourth-order valence-electron chi connectivity index (χ4n) is 4.21. The van der Waals surface area contributed by atoms with E-state index in [4.69, 9.17) is 5.26 Å². The summed E-state index contributed by atoms with van der Waals surface area (Å²) >= 11 is 0. The molecule has 0 aromatic rings. The second kappa shape index (κ2) is 4.55. The van der Waals surface area contributed by atoms with Crippen molar-refractivity contribution in [3.8, 4) is 6.07 Å². The van der Waals surface area contributed by atoms with Crippen LogP contribution in [0.15, 0.2) is 0 Å². The molecule has 2 aliphatic rings. The molecule has 2 rings (SSSR count). The van der Waals surface area contributed by atoms with E-state index in [2.05, 4.69) is 31.4 Å². The molecule has 3 unspecified atom stereocenters. The molecule has 4 heteroatoms. The highest BCUT2D eigenvalue weighted by Gasteiger charge is 2.58. The van der Waals surface area contributed by atoms with Gasteiger partial charge in [-0.25, -0.2) is 0 Å². The molecule has 3 atom stereocenters. The SMILES string of the molecule is CC12CCC(C1)C(C)(C)C2NCC(=O)NCC#N. The number of rotatable bonds is 4. The number of fused-ring (bicyclic) bond motifs is 2. The highest BCUT2D eigenvalue weighted by atomic mass is 16.1. The molecule has 2 fully saturated rings. The molecule has 2 N–H and O–H groups in total. The highest BCUT2D eigenvalue weighted by molar-refractivity contribution is 5.78. The molecule has 0 aromatic heterocycles. The molecule has 4 nitrogen and oxygen atoms in total. The molecule has 0 radical (unpaired) electrons. The Balaban J connectivity index is 1.93. The molecular formula is C14H23N3O. The maximum atomic E-state index is 11.6. The first-order chi connectivity index (χ1) is 8.40. The van der Waals surface area contributed by atoms with Crippen molar-refractivity contribution in [1.82, 2.24) is 10.6 Å². The Morgan fingerprint density at radius 1 is 1.44 bits per heavy atom. The van der Waals surface area contributed by atoms with Gasteiger partial charge in [0.05, 0.1) is 12.6 Å². The Labute approximate surface area is 109 Å². The van der Waals surface area contributed by atoms with E-state index in [-0.39, 0.29) is 17.9 Å². The summed E-state index contributed by atoms with van der Waals surface area (Å²) in [4.78, 5) is 11.6. The first-order valence-corrected chi connectivity index (χ1v) is 6.77. The molecular weight excluding hydrogens is 226 g/mol. The van der Waals surface area contributed by atoms with Crippen molar-refractivity contribution in [2.24, 2.45) is 16.7 Å². The summed E-state index contributed by atoms with van der Waals surface area (Å²) in [5.74, 6) is 0.695.